The van der Waals surface area contributed by atoms with Gasteiger partial charge in [-0.25, -0.2) is 0 Å². The summed E-state index contributed by atoms with van der Waals surface area (Å²) < 4.78 is 11.7. The van der Waals surface area contributed by atoms with Crippen molar-refractivity contribution in [2.45, 2.75) is 44.6 Å². The molecule has 178 valence electrons. The Bertz CT molecular complexity index is 1300. The predicted molar refractivity (Wildman–Crippen MR) is 135 cm³/mol. The number of carboxylic acids is 1. The van der Waals surface area contributed by atoms with Gasteiger partial charge in [-0.15, -0.1) is 0 Å². The minimum atomic E-state index is -0.730. The smallest absolute Gasteiger partial charge is 0.314 e. The number of aryl methyl sites for hydroxylation is 1. The summed E-state index contributed by atoms with van der Waals surface area (Å²) in [6.07, 6.45) is 1.42. The first-order chi connectivity index (χ1) is 17.0. The van der Waals surface area contributed by atoms with Gasteiger partial charge in [0, 0.05) is 17.0 Å². The molecule has 5 rings (SSSR count). The average molecular weight is 468 g/mol. The van der Waals surface area contributed by atoms with E-state index in [1.54, 1.807) is 0 Å². The van der Waals surface area contributed by atoms with Crippen molar-refractivity contribution in [2.75, 3.05) is 6.61 Å². The lowest BCUT2D eigenvalue weighted by molar-refractivity contribution is -0.140. The van der Waals surface area contributed by atoms with E-state index in [-0.39, 0.29) is 0 Å². The summed E-state index contributed by atoms with van der Waals surface area (Å²) in [5.41, 5.74) is 6.32. The molecule has 0 spiro atoms. The topological polar surface area (TPSA) is 72.6 Å². The molecule has 1 heterocycles. The molecule has 1 saturated carbocycles. The Balaban J connectivity index is 1.27. The van der Waals surface area contributed by atoms with Crippen LogP contribution < -0.4 is 0 Å². The molecule has 0 aliphatic heterocycles. The number of benzene rings is 3. The number of hydrogen-bond acceptors (Lipinski definition) is 4. The summed E-state index contributed by atoms with van der Waals surface area (Å²) >= 11 is 0. The zero-order valence-electron chi connectivity index (χ0n) is 20.0. The molecule has 1 aliphatic carbocycles. The Hall–Kier alpha value is -3.70. The van der Waals surface area contributed by atoms with Crippen molar-refractivity contribution >= 4 is 5.97 Å². The van der Waals surface area contributed by atoms with E-state index in [1.165, 1.54) is 5.56 Å². The van der Waals surface area contributed by atoms with Gasteiger partial charge in [-0.05, 0) is 42.0 Å². The monoisotopic (exact) mass is 467 g/mol. The minimum absolute atomic E-state index is 0.302. The third-order valence-electron chi connectivity index (χ3n) is 7.04. The van der Waals surface area contributed by atoms with Crippen molar-refractivity contribution < 1.29 is 19.2 Å². The van der Waals surface area contributed by atoms with Crippen LogP contribution in [0.4, 0.5) is 0 Å². The van der Waals surface area contributed by atoms with Crippen molar-refractivity contribution in [3.8, 4) is 22.5 Å². The fourth-order valence-electron chi connectivity index (χ4n) is 4.55. The van der Waals surface area contributed by atoms with Crippen molar-refractivity contribution in [3.05, 3.63) is 101 Å². The summed E-state index contributed by atoms with van der Waals surface area (Å²) in [6, 6.07) is 26.4. The van der Waals surface area contributed by atoms with E-state index < -0.39 is 11.4 Å². The van der Waals surface area contributed by atoms with Crippen LogP contribution in [0.2, 0.25) is 0 Å². The number of carboxylic acid groups (broad SMARTS) is 1. The highest BCUT2D eigenvalue weighted by Crippen LogP contribution is 2.48. The van der Waals surface area contributed by atoms with E-state index in [9.17, 15) is 9.90 Å². The number of ether oxygens (including phenoxy) is 1. The lowest BCUT2D eigenvalue weighted by Crippen LogP contribution is -2.19. The average Bonchev–Trinajstić information content (AvgIpc) is 3.63. The number of carbonyl (C=O) groups is 1. The van der Waals surface area contributed by atoms with Gasteiger partial charge in [-0.3, -0.25) is 4.79 Å². The second-order valence-corrected chi connectivity index (χ2v) is 9.44. The molecule has 1 unspecified atom stereocenters. The van der Waals surface area contributed by atoms with Crippen LogP contribution in [0.15, 0.2) is 83.4 Å². The molecular formula is C30H29NO4. The fraction of sp³-hybridized carbons (Fsp3) is 0.267. The van der Waals surface area contributed by atoms with E-state index in [0.29, 0.717) is 32.0 Å². The summed E-state index contributed by atoms with van der Waals surface area (Å²) in [6.45, 7) is 5.16. The Morgan fingerprint density at radius 2 is 1.57 bits per heavy atom. The molecule has 1 atom stereocenters. The third kappa shape index (κ3) is 4.64. The molecule has 1 aliphatic rings. The van der Waals surface area contributed by atoms with E-state index in [2.05, 4.69) is 24.2 Å². The maximum absolute atomic E-state index is 11.6. The van der Waals surface area contributed by atoms with Gasteiger partial charge < -0.3 is 14.4 Å². The Labute approximate surface area is 205 Å². The van der Waals surface area contributed by atoms with Crippen LogP contribution in [0.25, 0.3) is 22.5 Å². The fourth-order valence-corrected chi connectivity index (χ4v) is 4.55. The lowest BCUT2D eigenvalue weighted by atomic mass is 9.93. The van der Waals surface area contributed by atoms with Crippen LogP contribution in [0.3, 0.4) is 0 Å². The van der Waals surface area contributed by atoms with Gasteiger partial charge in [-0.1, -0.05) is 90.9 Å². The molecule has 1 N–H and O–H groups in total. The van der Waals surface area contributed by atoms with E-state index in [0.717, 1.165) is 39.3 Å². The molecule has 1 fully saturated rings. The summed E-state index contributed by atoms with van der Waals surface area (Å²) in [7, 11) is 0. The minimum Gasteiger partial charge on any atom is -0.481 e. The first-order valence-corrected chi connectivity index (χ1v) is 12.0. The molecule has 3 aromatic carbocycles. The Kier molecular flexibility index (Phi) is 6.27. The number of aliphatic carboxylic acids is 1. The quantitative estimate of drug-likeness (QED) is 0.295. The van der Waals surface area contributed by atoms with Crippen molar-refractivity contribution in [1.29, 1.82) is 0 Å². The van der Waals surface area contributed by atoms with Crippen LogP contribution in [0, 0.1) is 6.92 Å². The molecule has 0 saturated heterocycles. The number of rotatable bonds is 9. The molecule has 0 radical (unpaired) electrons. The molecule has 4 aromatic rings. The van der Waals surface area contributed by atoms with Crippen LogP contribution in [0.5, 0.6) is 0 Å². The third-order valence-corrected chi connectivity index (χ3v) is 7.04. The molecular weight excluding hydrogens is 438 g/mol. The van der Waals surface area contributed by atoms with Crippen molar-refractivity contribution in [1.82, 2.24) is 5.16 Å². The van der Waals surface area contributed by atoms with E-state index in [1.807, 2.05) is 73.7 Å². The largest absolute Gasteiger partial charge is 0.481 e. The van der Waals surface area contributed by atoms with Gasteiger partial charge in [0.2, 0.25) is 0 Å². The molecule has 5 heteroatoms. The van der Waals surface area contributed by atoms with Gasteiger partial charge in [-0.2, -0.15) is 0 Å². The van der Waals surface area contributed by atoms with Crippen LogP contribution in [0.1, 0.15) is 48.1 Å². The molecule has 5 nitrogen and oxygen atoms in total. The highest BCUT2D eigenvalue weighted by molar-refractivity contribution is 5.85. The first kappa shape index (κ1) is 23.1. The lowest BCUT2D eigenvalue weighted by Gasteiger charge is -2.13. The standard InChI is InChI=1S/C30H29NO4/c1-20(22-6-4-3-5-7-22)18-34-19-27-21(2)31-35-28(27)25-10-8-23(9-11-25)24-12-14-26(15-13-24)30(16-17-30)29(32)33/h3-15,20H,16-19H2,1-2H3,(H,32,33). The normalized spacial score (nSPS) is 15.0. The summed E-state index contributed by atoms with van der Waals surface area (Å²) in [5.74, 6) is 0.302. The highest BCUT2D eigenvalue weighted by Gasteiger charge is 2.51. The van der Waals surface area contributed by atoms with Crippen LogP contribution >= 0.6 is 0 Å². The molecule has 0 amide bonds. The van der Waals surface area contributed by atoms with Crippen molar-refractivity contribution in [3.63, 3.8) is 0 Å². The summed E-state index contributed by atoms with van der Waals surface area (Å²) in [4.78, 5) is 11.6. The SMILES string of the molecule is Cc1noc(-c2ccc(-c3ccc(C4(C(=O)O)CC4)cc3)cc2)c1COCC(C)c1ccccc1. The van der Waals surface area contributed by atoms with Gasteiger partial charge in [0.1, 0.15) is 0 Å². The zero-order chi connectivity index (χ0) is 24.4. The molecule has 35 heavy (non-hydrogen) atoms. The van der Waals surface area contributed by atoms with Gasteiger partial charge >= 0.3 is 5.97 Å². The predicted octanol–water partition coefficient (Wildman–Crippen LogP) is 6.75. The number of nitrogens with zero attached hydrogens (tertiary/aromatic N) is 1. The zero-order valence-corrected chi connectivity index (χ0v) is 20.0. The van der Waals surface area contributed by atoms with E-state index in [4.69, 9.17) is 9.26 Å². The highest BCUT2D eigenvalue weighted by atomic mass is 16.5. The van der Waals surface area contributed by atoms with Gasteiger partial charge in [0.25, 0.3) is 0 Å². The van der Waals surface area contributed by atoms with Gasteiger partial charge in [0.05, 0.1) is 24.3 Å². The molecule has 0 bridgehead atoms. The maximum Gasteiger partial charge on any atom is 0.314 e. The number of aromatic nitrogens is 1. The van der Waals surface area contributed by atoms with Crippen LogP contribution in [-0.4, -0.2) is 22.8 Å². The maximum atomic E-state index is 11.6. The van der Waals surface area contributed by atoms with Crippen LogP contribution in [-0.2, 0) is 21.6 Å². The van der Waals surface area contributed by atoms with Gasteiger partial charge in [0.15, 0.2) is 5.76 Å². The Morgan fingerprint density at radius 1 is 0.971 bits per heavy atom. The second kappa shape index (κ2) is 9.51. The second-order valence-electron chi connectivity index (χ2n) is 9.44. The van der Waals surface area contributed by atoms with Crippen molar-refractivity contribution in [2.24, 2.45) is 0 Å². The van der Waals surface area contributed by atoms with E-state index >= 15 is 0 Å². The summed E-state index contributed by atoms with van der Waals surface area (Å²) in [5, 5.41) is 13.7. The first-order valence-electron chi connectivity index (χ1n) is 12.0. The Morgan fingerprint density at radius 3 is 2.17 bits per heavy atom. The molecule has 1 aromatic heterocycles. The number of hydrogen-bond donors (Lipinski definition) is 1.